The van der Waals surface area contributed by atoms with Gasteiger partial charge in [0, 0.05) is 19.6 Å². The average molecular weight is 395 g/mol. The molecule has 0 amide bonds. The number of nitrogens with two attached hydrogens (primary N) is 1. The Bertz CT molecular complexity index is 805. The molecule has 2 N–H and O–H groups in total. The Morgan fingerprint density at radius 1 is 0.920 bits per heavy atom. The number of nitrogens with zero attached hydrogens (tertiary/aromatic N) is 1. The smallest absolute Gasteiger partial charge is 0.246 e. The Morgan fingerprint density at radius 3 is 2.16 bits per heavy atom. The highest BCUT2D eigenvalue weighted by Crippen LogP contribution is 2.23. The summed E-state index contributed by atoms with van der Waals surface area (Å²) in [6, 6.07) is 10.4. The van der Waals surface area contributed by atoms with Crippen molar-refractivity contribution < 1.29 is 21.6 Å². The van der Waals surface area contributed by atoms with Gasteiger partial charge >= 0.3 is 0 Å². The Labute approximate surface area is 150 Å². The normalized spacial score (nSPS) is 11.4. The van der Waals surface area contributed by atoms with Crippen LogP contribution in [0.2, 0.25) is 0 Å². The fourth-order valence-electron chi connectivity index (χ4n) is 2.24. The van der Waals surface area contributed by atoms with E-state index in [2.05, 4.69) is 0 Å². The standard InChI is InChI=1S/C16H17F3N2O2S.ClH/c17-13-6-7-14(16(19)15(13)18)24(22,23)21(11-9-20)10-8-12-4-2-1-3-5-12;/h1-7H,8-11,20H2;1H. The number of hydrogen-bond acceptors (Lipinski definition) is 3. The van der Waals surface area contributed by atoms with Crippen LogP contribution in [0.25, 0.3) is 0 Å². The molecule has 0 bridgehead atoms. The van der Waals surface area contributed by atoms with Gasteiger partial charge in [0.1, 0.15) is 4.90 Å². The summed E-state index contributed by atoms with van der Waals surface area (Å²) in [4.78, 5) is -0.900. The minimum Gasteiger partial charge on any atom is -0.329 e. The topological polar surface area (TPSA) is 63.4 Å². The maximum Gasteiger partial charge on any atom is 0.246 e. The van der Waals surface area contributed by atoms with Gasteiger partial charge in [-0.15, -0.1) is 12.4 Å². The van der Waals surface area contributed by atoms with Gasteiger partial charge in [0.2, 0.25) is 10.0 Å². The summed E-state index contributed by atoms with van der Waals surface area (Å²) in [5.74, 6) is -4.98. The third-order valence-electron chi connectivity index (χ3n) is 3.49. The maximum absolute atomic E-state index is 13.9. The molecule has 0 aliphatic carbocycles. The fourth-order valence-corrected chi connectivity index (χ4v) is 3.75. The molecule has 2 aromatic carbocycles. The lowest BCUT2D eigenvalue weighted by Crippen LogP contribution is -2.37. The predicted octanol–water partition coefficient (Wildman–Crippen LogP) is 2.72. The minimum atomic E-state index is -4.33. The van der Waals surface area contributed by atoms with E-state index in [9.17, 15) is 21.6 Å². The molecule has 2 rings (SSSR count). The molecule has 0 heterocycles. The van der Waals surface area contributed by atoms with Crippen LogP contribution in [0.1, 0.15) is 5.56 Å². The van der Waals surface area contributed by atoms with Crippen LogP contribution < -0.4 is 5.73 Å². The first-order chi connectivity index (χ1) is 11.4. The van der Waals surface area contributed by atoms with E-state index < -0.39 is 32.4 Å². The summed E-state index contributed by atoms with van der Waals surface area (Å²) in [7, 11) is -4.33. The van der Waals surface area contributed by atoms with Crippen LogP contribution in [0.3, 0.4) is 0 Å². The van der Waals surface area contributed by atoms with Crippen molar-refractivity contribution in [2.45, 2.75) is 11.3 Å². The van der Waals surface area contributed by atoms with Crippen molar-refractivity contribution in [1.82, 2.24) is 4.31 Å². The molecule has 0 saturated heterocycles. The predicted molar refractivity (Wildman–Crippen MR) is 91.5 cm³/mol. The Kier molecular flexibility index (Phi) is 7.88. The summed E-state index contributed by atoms with van der Waals surface area (Å²) in [6.07, 6.45) is 0.380. The number of sulfonamides is 1. The molecule has 0 aliphatic heterocycles. The van der Waals surface area contributed by atoms with Crippen LogP contribution in [-0.4, -0.2) is 32.4 Å². The molecule has 0 spiro atoms. The van der Waals surface area contributed by atoms with Gasteiger partial charge in [-0.05, 0) is 24.1 Å². The molecule has 0 fully saturated rings. The lowest BCUT2D eigenvalue weighted by molar-refractivity contribution is 0.404. The van der Waals surface area contributed by atoms with E-state index in [4.69, 9.17) is 5.73 Å². The largest absolute Gasteiger partial charge is 0.329 e. The third-order valence-corrected chi connectivity index (χ3v) is 5.40. The fraction of sp³-hybridized carbons (Fsp3) is 0.250. The van der Waals surface area contributed by atoms with Crippen molar-refractivity contribution in [1.29, 1.82) is 0 Å². The minimum absolute atomic E-state index is 0. The van der Waals surface area contributed by atoms with E-state index in [-0.39, 0.29) is 32.0 Å². The second kappa shape index (κ2) is 9.19. The molecule has 0 aromatic heterocycles. The molecule has 0 saturated carbocycles. The van der Waals surface area contributed by atoms with E-state index >= 15 is 0 Å². The molecule has 0 atom stereocenters. The molecule has 9 heteroatoms. The maximum atomic E-state index is 13.9. The van der Waals surface area contributed by atoms with E-state index in [0.29, 0.717) is 12.5 Å². The van der Waals surface area contributed by atoms with Crippen molar-refractivity contribution in [3.8, 4) is 0 Å². The summed E-state index contributed by atoms with van der Waals surface area (Å²) >= 11 is 0. The monoisotopic (exact) mass is 394 g/mol. The van der Waals surface area contributed by atoms with Gasteiger partial charge in [0.05, 0.1) is 0 Å². The molecule has 0 unspecified atom stereocenters. The van der Waals surface area contributed by atoms with Gasteiger partial charge in [-0.1, -0.05) is 30.3 Å². The summed E-state index contributed by atoms with van der Waals surface area (Å²) in [5, 5.41) is 0. The van der Waals surface area contributed by atoms with Crippen molar-refractivity contribution in [2.75, 3.05) is 19.6 Å². The van der Waals surface area contributed by atoms with Crippen LogP contribution in [0.15, 0.2) is 47.4 Å². The van der Waals surface area contributed by atoms with Gasteiger partial charge in [-0.2, -0.15) is 4.31 Å². The van der Waals surface area contributed by atoms with E-state index in [1.165, 1.54) is 0 Å². The lowest BCUT2D eigenvalue weighted by Gasteiger charge is -2.22. The zero-order valence-corrected chi connectivity index (χ0v) is 14.8. The quantitative estimate of drug-likeness (QED) is 0.734. The number of benzene rings is 2. The number of hydrogen-bond donors (Lipinski definition) is 1. The SMILES string of the molecule is Cl.NCCN(CCc1ccccc1)S(=O)(=O)c1ccc(F)c(F)c1F. The lowest BCUT2D eigenvalue weighted by atomic mass is 10.1. The van der Waals surface area contributed by atoms with Crippen LogP contribution in [0.5, 0.6) is 0 Å². The van der Waals surface area contributed by atoms with E-state index in [1.54, 1.807) is 0 Å². The van der Waals surface area contributed by atoms with E-state index in [0.717, 1.165) is 15.9 Å². The van der Waals surface area contributed by atoms with Gasteiger partial charge in [-0.3, -0.25) is 0 Å². The summed E-state index contributed by atoms with van der Waals surface area (Å²) < 4.78 is 66.4. The van der Waals surface area contributed by atoms with Gasteiger partial charge in [0.15, 0.2) is 17.5 Å². The van der Waals surface area contributed by atoms with Crippen molar-refractivity contribution in [3.63, 3.8) is 0 Å². The Hall–Kier alpha value is -1.61. The molecule has 138 valence electrons. The highest BCUT2D eigenvalue weighted by atomic mass is 35.5. The second-order valence-electron chi connectivity index (χ2n) is 5.10. The van der Waals surface area contributed by atoms with Crippen molar-refractivity contribution in [3.05, 3.63) is 65.5 Å². The Morgan fingerprint density at radius 2 is 1.56 bits per heavy atom. The second-order valence-corrected chi connectivity index (χ2v) is 7.01. The Balaban J connectivity index is 0.00000312. The molecule has 4 nitrogen and oxygen atoms in total. The van der Waals surface area contributed by atoms with E-state index in [1.807, 2.05) is 30.3 Å². The van der Waals surface area contributed by atoms with Crippen LogP contribution in [0, 0.1) is 17.5 Å². The number of halogens is 4. The highest BCUT2D eigenvalue weighted by molar-refractivity contribution is 7.89. The average Bonchev–Trinajstić information content (AvgIpc) is 2.57. The molecule has 0 radical (unpaired) electrons. The van der Waals surface area contributed by atoms with Crippen LogP contribution in [0.4, 0.5) is 13.2 Å². The van der Waals surface area contributed by atoms with Crippen molar-refractivity contribution >= 4 is 22.4 Å². The summed E-state index contributed by atoms with van der Waals surface area (Å²) in [6.45, 7) is -0.00506. The molecule has 25 heavy (non-hydrogen) atoms. The summed E-state index contributed by atoms with van der Waals surface area (Å²) in [5.41, 5.74) is 6.32. The van der Waals surface area contributed by atoms with Gasteiger partial charge in [0.25, 0.3) is 0 Å². The van der Waals surface area contributed by atoms with Gasteiger partial charge < -0.3 is 5.73 Å². The first-order valence-electron chi connectivity index (χ1n) is 7.25. The van der Waals surface area contributed by atoms with Crippen LogP contribution >= 0.6 is 12.4 Å². The zero-order valence-electron chi connectivity index (χ0n) is 13.2. The number of rotatable bonds is 7. The highest BCUT2D eigenvalue weighted by Gasteiger charge is 2.29. The molecule has 2 aromatic rings. The third kappa shape index (κ3) is 4.94. The first kappa shape index (κ1) is 21.4. The van der Waals surface area contributed by atoms with Crippen LogP contribution in [-0.2, 0) is 16.4 Å². The van der Waals surface area contributed by atoms with Crippen molar-refractivity contribution in [2.24, 2.45) is 5.73 Å². The molecular formula is C16H18ClF3N2O2S. The zero-order chi connectivity index (χ0) is 17.7. The van der Waals surface area contributed by atoms with Gasteiger partial charge in [-0.25, -0.2) is 21.6 Å². The first-order valence-corrected chi connectivity index (χ1v) is 8.69. The molecule has 0 aliphatic rings. The molecular weight excluding hydrogens is 377 g/mol.